The summed E-state index contributed by atoms with van der Waals surface area (Å²) in [5.74, 6) is 0. The minimum atomic E-state index is 0.649. The van der Waals surface area contributed by atoms with Gasteiger partial charge in [0.2, 0.25) is 0 Å². The molecule has 5 heteroatoms. The van der Waals surface area contributed by atoms with Crippen LogP contribution in [0.15, 0.2) is 43.0 Å². The molecule has 2 aromatic rings. The molecule has 0 aliphatic rings. The average Bonchev–Trinajstić information content (AvgIpc) is 3.01. The molecule has 0 radical (unpaired) electrons. The first kappa shape index (κ1) is 14.7. The zero-order chi connectivity index (χ0) is 14.0. The lowest BCUT2D eigenvalue weighted by atomic mass is 10.2. The molecule has 0 saturated heterocycles. The molecule has 1 N–H and O–H groups in total. The summed E-state index contributed by atoms with van der Waals surface area (Å²) >= 11 is 0. The molecule has 1 aromatic carbocycles. The van der Waals surface area contributed by atoms with Gasteiger partial charge in [-0.1, -0.05) is 12.1 Å². The minimum absolute atomic E-state index is 0.649. The molecule has 0 amide bonds. The third-order valence-corrected chi connectivity index (χ3v) is 2.92. The van der Waals surface area contributed by atoms with E-state index in [-0.39, 0.29) is 0 Å². The molecule has 2 rings (SSSR count). The molecule has 20 heavy (non-hydrogen) atoms. The summed E-state index contributed by atoms with van der Waals surface area (Å²) in [6.45, 7) is 3.69. The van der Waals surface area contributed by atoms with Crippen molar-refractivity contribution in [2.75, 3.05) is 33.5 Å². The quantitative estimate of drug-likeness (QED) is 0.707. The lowest BCUT2D eigenvalue weighted by Gasteiger charge is -2.07. The smallest absolute Gasteiger partial charge is 0.0991 e. The van der Waals surface area contributed by atoms with Crippen LogP contribution in [0.4, 0.5) is 0 Å². The molecule has 0 aliphatic carbocycles. The van der Waals surface area contributed by atoms with Crippen LogP contribution in [-0.2, 0) is 16.0 Å². The van der Waals surface area contributed by atoms with Crippen molar-refractivity contribution in [3.05, 3.63) is 48.5 Å². The van der Waals surface area contributed by atoms with Gasteiger partial charge in [-0.3, -0.25) is 0 Å². The SMILES string of the molecule is COCCOCCNCc1ccc(-n2ccnc2)cc1. The van der Waals surface area contributed by atoms with Gasteiger partial charge < -0.3 is 19.4 Å². The molecule has 0 saturated carbocycles. The van der Waals surface area contributed by atoms with E-state index in [0.717, 1.165) is 18.8 Å². The summed E-state index contributed by atoms with van der Waals surface area (Å²) in [5, 5.41) is 3.35. The third kappa shape index (κ3) is 4.77. The Kier molecular flexibility index (Phi) is 6.23. The molecule has 0 fully saturated rings. The summed E-state index contributed by atoms with van der Waals surface area (Å²) in [6.07, 6.45) is 5.51. The molecule has 0 bridgehead atoms. The van der Waals surface area contributed by atoms with Crippen molar-refractivity contribution in [1.29, 1.82) is 0 Å². The van der Waals surface area contributed by atoms with E-state index in [1.165, 1.54) is 5.56 Å². The summed E-state index contributed by atoms with van der Waals surface area (Å²) in [5.41, 5.74) is 2.37. The lowest BCUT2D eigenvalue weighted by molar-refractivity contribution is 0.0719. The summed E-state index contributed by atoms with van der Waals surface area (Å²) in [6, 6.07) is 8.42. The third-order valence-electron chi connectivity index (χ3n) is 2.92. The van der Waals surface area contributed by atoms with Crippen molar-refractivity contribution in [2.45, 2.75) is 6.54 Å². The van der Waals surface area contributed by atoms with E-state index in [1.54, 1.807) is 19.6 Å². The highest BCUT2D eigenvalue weighted by atomic mass is 16.5. The van der Waals surface area contributed by atoms with Crippen molar-refractivity contribution in [3.63, 3.8) is 0 Å². The van der Waals surface area contributed by atoms with E-state index in [9.17, 15) is 0 Å². The number of ether oxygens (including phenoxy) is 2. The zero-order valence-electron chi connectivity index (χ0n) is 11.8. The number of imidazole rings is 1. The first-order valence-electron chi connectivity index (χ1n) is 6.75. The number of hydrogen-bond donors (Lipinski definition) is 1. The van der Waals surface area contributed by atoms with Gasteiger partial charge in [0.25, 0.3) is 0 Å². The lowest BCUT2D eigenvalue weighted by Crippen LogP contribution is -2.20. The van der Waals surface area contributed by atoms with Crippen LogP contribution in [-0.4, -0.2) is 43.0 Å². The van der Waals surface area contributed by atoms with Crippen molar-refractivity contribution < 1.29 is 9.47 Å². The largest absolute Gasteiger partial charge is 0.382 e. The second-order valence-electron chi connectivity index (χ2n) is 4.42. The average molecular weight is 275 g/mol. The number of nitrogens with one attached hydrogen (secondary N) is 1. The fourth-order valence-corrected chi connectivity index (χ4v) is 1.82. The van der Waals surface area contributed by atoms with Crippen LogP contribution < -0.4 is 5.32 Å². The Morgan fingerprint density at radius 1 is 1.15 bits per heavy atom. The van der Waals surface area contributed by atoms with E-state index in [0.29, 0.717) is 19.8 Å². The number of aromatic nitrogens is 2. The van der Waals surface area contributed by atoms with Crippen LogP contribution >= 0.6 is 0 Å². The maximum absolute atomic E-state index is 5.38. The van der Waals surface area contributed by atoms with Gasteiger partial charge >= 0.3 is 0 Å². The first-order valence-corrected chi connectivity index (χ1v) is 6.75. The molecule has 5 nitrogen and oxygen atoms in total. The molecule has 0 aliphatic heterocycles. The molecule has 1 aromatic heterocycles. The van der Waals surface area contributed by atoms with Crippen molar-refractivity contribution in [2.24, 2.45) is 0 Å². The van der Waals surface area contributed by atoms with Gasteiger partial charge in [-0.2, -0.15) is 0 Å². The Balaban J connectivity index is 1.67. The van der Waals surface area contributed by atoms with Crippen LogP contribution in [0.3, 0.4) is 0 Å². The minimum Gasteiger partial charge on any atom is -0.382 e. The highest BCUT2D eigenvalue weighted by Gasteiger charge is 1.96. The van der Waals surface area contributed by atoms with Crippen LogP contribution in [0.5, 0.6) is 0 Å². The highest BCUT2D eigenvalue weighted by molar-refractivity contribution is 5.34. The van der Waals surface area contributed by atoms with Crippen LogP contribution in [0.25, 0.3) is 5.69 Å². The van der Waals surface area contributed by atoms with Crippen molar-refractivity contribution in [1.82, 2.24) is 14.9 Å². The van der Waals surface area contributed by atoms with Crippen molar-refractivity contribution >= 4 is 0 Å². The number of benzene rings is 1. The van der Waals surface area contributed by atoms with Gasteiger partial charge in [0.05, 0.1) is 26.1 Å². The van der Waals surface area contributed by atoms with E-state index in [4.69, 9.17) is 9.47 Å². The molecule has 1 heterocycles. The molecule has 108 valence electrons. The standard InChI is InChI=1S/C15H21N3O2/c1-19-10-11-20-9-7-16-12-14-2-4-15(5-3-14)18-8-6-17-13-18/h2-6,8,13,16H,7,9-12H2,1H3. The number of methoxy groups -OCH3 is 1. The molecule has 0 unspecified atom stereocenters. The fraction of sp³-hybridized carbons (Fsp3) is 0.400. The monoisotopic (exact) mass is 275 g/mol. The maximum atomic E-state index is 5.38. The van der Waals surface area contributed by atoms with E-state index in [2.05, 4.69) is 34.6 Å². The number of rotatable bonds is 9. The van der Waals surface area contributed by atoms with Gasteiger partial charge in [-0.05, 0) is 17.7 Å². The summed E-state index contributed by atoms with van der Waals surface area (Å²) < 4.78 is 12.3. The van der Waals surface area contributed by atoms with Crippen LogP contribution in [0, 0.1) is 0 Å². The Hall–Kier alpha value is -1.69. The Labute approximate surface area is 119 Å². The van der Waals surface area contributed by atoms with Crippen molar-refractivity contribution in [3.8, 4) is 5.69 Å². The van der Waals surface area contributed by atoms with Crippen LogP contribution in [0.2, 0.25) is 0 Å². The normalized spacial score (nSPS) is 10.8. The predicted octanol–water partition coefficient (Wildman–Crippen LogP) is 1.62. The molecule has 0 spiro atoms. The van der Waals surface area contributed by atoms with Gasteiger partial charge in [-0.15, -0.1) is 0 Å². The highest BCUT2D eigenvalue weighted by Crippen LogP contribution is 2.08. The zero-order valence-corrected chi connectivity index (χ0v) is 11.8. The second kappa shape index (κ2) is 8.47. The fourth-order valence-electron chi connectivity index (χ4n) is 1.82. The maximum Gasteiger partial charge on any atom is 0.0991 e. The van der Waals surface area contributed by atoms with E-state index >= 15 is 0 Å². The number of nitrogens with zero attached hydrogens (tertiary/aromatic N) is 2. The molecule has 0 atom stereocenters. The Morgan fingerprint density at radius 2 is 2.00 bits per heavy atom. The second-order valence-corrected chi connectivity index (χ2v) is 4.42. The van der Waals surface area contributed by atoms with Gasteiger partial charge in [0.1, 0.15) is 0 Å². The summed E-state index contributed by atoms with van der Waals surface area (Å²) in [4.78, 5) is 4.04. The van der Waals surface area contributed by atoms with E-state index < -0.39 is 0 Å². The van der Waals surface area contributed by atoms with Crippen LogP contribution in [0.1, 0.15) is 5.56 Å². The topological polar surface area (TPSA) is 48.3 Å². The van der Waals surface area contributed by atoms with Gasteiger partial charge in [0, 0.05) is 38.3 Å². The first-order chi connectivity index (χ1) is 9.90. The van der Waals surface area contributed by atoms with Gasteiger partial charge in [-0.25, -0.2) is 4.98 Å². The molecular formula is C15H21N3O2. The summed E-state index contributed by atoms with van der Waals surface area (Å²) in [7, 11) is 1.68. The Morgan fingerprint density at radius 3 is 2.70 bits per heavy atom. The number of hydrogen-bond acceptors (Lipinski definition) is 4. The van der Waals surface area contributed by atoms with Gasteiger partial charge in [0.15, 0.2) is 0 Å². The predicted molar refractivity (Wildman–Crippen MR) is 78.0 cm³/mol. The molecular weight excluding hydrogens is 254 g/mol. The Bertz CT molecular complexity index is 468. The van der Waals surface area contributed by atoms with E-state index in [1.807, 2.05) is 10.8 Å².